The lowest BCUT2D eigenvalue weighted by Gasteiger charge is -2.36. The van der Waals surface area contributed by atoms with E-state index < -0.39 is 5.97 Å². The fourth-order valence-electron chi connectivity index (χ4n) is 4.43. The number of benzene rings is 3. The van der Waals surface area contributed by atoms with Gasteiger partial charge in [0, 0.05) is 13.1 Å². The lowest BCUT2D eigenvalue weighted by atomic mass is 9.93. The number of fused-ring (bicyclic) bond motifs is 1. The maximum absolute atomic E-state index is 14.6. The van der Waals surface area contributed by atoms with Gasteiger partial charge in [-0.3, -0.25) is 4.79 Å². The summed E-state index contributed by atoms with van der Waals surface area (Å²) in [4.78, 5) is 11.1. The number of halogens is 1. The van der Waals surface area contributed by atoms with E-state index in [9.17, 15) is 14.4 Å². The molecule has 1 aliphatic heterocycles. The molecule has 3 aromatic rings. The van der Waals surface area contributed by atoms with Gasteiger partial charge in [-0.25, -0.2) is 4.39 Å². The van der Waals surface area contributed by atoms with Gasteiger partial charge in [0.05, 0.1) is 35.4 Å². The summed E-state index contributed by atoms with van der Waals surface area (Å²) in [5, 5.41) is 29.2. The van der Waals surface area contributed by atoms with Gasteiger partial charge in [0.1, 0.15) is 11.9 Å². The Labute approximate surface area is 198 Å². The highest BCUT2D eigenvalue weighted by Crippen LogP contribution is 2.33. The number of carbonyl (C=O) groups is 1. The Bertz CT molecular complexity index is 1210. The van der Waals surface area contributed by atoms with E-state index in [4.69, 9.17) is 5.11 Å². The number of hydrogen-bond acceptors (Lipinski definition) is 5. The molecule has 0 aliphatic carbocycles. The van der Waals surface area contributed by atoms with Crippen molar-refractivity contribution in [1.29, 1.82) is 5.26 Å². The molecule has 3 atom stereocenters. The number of hydrogen-bond donors (Lipinski definition) is 4. The zero-order chi connectivity index (χ0) is 24.1. The van der Waals surface area contributed by atoms with E-state index in [0.717, 1.165) is 16.9 Å². The van der Waals surface area contributed by atoms with Crippen molar-refractivity contribution in [3.8, 4) is 6.07 Å². The number of nitriles is 1. The monoisotopic (exact) mass is 458 g/mol. The quantitative estimate of drug-likeness (QED) is 0.392. The van der Waals surface area contributed by atoms with Crippen LogP contribution in [0.15, 0.2) is 66.7 Å². The van der Waals surface area contributed by atoms with E-state index in [-0.39, 0.29) is 30.2 Å². The van der Waals surface area contributed by atoms with Crippen molar-refractivity contribution in [2.75, 3.05) is 23.7 Å². The molecular formula is C27H27FN4O2. The molecule has 0 spiro atoms. The molecule has 34 heavy (non-hydrogen) atoms. The highest BCUT2D eigenvalue weighted by atomic mass is 19.1. The first-order valence-corrected chi connectivity index (χ1v) is 11.3. The number of carboxylic acid groups (broad SMARTS) is 1. The Morgan fingerprint density at radius 2 is 2.00 bits per heavy atom. The van der Waals surface area contributed by atoms with Crippen LogP contribution in [-0.4, -0.2) is 30.2 Å². The van der Waals surface area contributed by atoms with Gasteiger partial charge in [0.25, 0.3) is 0 Å². The SMILES string of the molecule is C[C@@H](CN[C@H](c1ccccc1)[C@H]1CNc2cccc(C#N)c2N1)c1cc(CC(=O)O)ccc1F. The number of anilines is 2. The largest absolute Gasteiger partial charge is 0.481 e. The Balaban J connectivity index is 1.56. The summed E-state index contributed by atoms with van der Waals surface area (Å²) in [6, 6.07) is 22.2. The van der Waals surface area contributed by atoms with E-state index in [0.29, 0.717) is 29.8 Å². The molecular weight excluding hydrogens is 431 g/mol. The topological polar surface area (TPSA) is 97.2 Å². The van der Waals surface area contributed by atoms with Crippen molar-refractivity contribution in [2.24, 2.45) is 0 Å². The van der Waals surface area contributed by atoms with Gasteiger partial charge in [0.15, 0.2) is 0 Å². The molecule has 0 bridgehead atoms. The van der Waals surface area contributed by atoms with Crippen LogP contribution in [0.4, 0.5) is 15.8 Å². The first-order chi connectivity index (χ1) is 16.5. The Morgan fingerprint density at radius 3 is 2.74 bits per heavy atom. The molecule has 0 radical (unpaired) electrons. The third kappa shape index (κ3) is 5.19. The molecule has 0 saturated carbocycles. The first-order valence-electron chi connectivity index (χ1n) is 11.3. The fourth-order valence-corrected chi connectivity index (χ4v) is 4.43. The predicted molar refractivity (Wildman–Crippen MR) is 130 cm³/mol. The van der Waals surface area contributed by atoms with Crippen molar-refractivity contribution in [2.45, 2.75) is 31.3 Å². The third-order valence-electron chi connectivity index (χ3n) is 6.18. The second kappa shape index (κ2) is 10.4. The predicted octanol–water partition coefficient (Wildman–Crippen LogP) is 4.67. The van der Waals surface area contributed by atoms with Crippen LogP contribution >= 0.6 is 0 Å². The van der Waals surface area contributed by atoms with Crippen LogP contribution in [0.5, 0.6) is 0 Å². The normalized spacial score (nSPS) is 16.3. The Kier molecular flexibility index (Phi) is 7.09. The van der Waals surface area contributed by atoms with E-state index in [2.05, 4.69) is 22.0 Å². The van der Waals surface area contributed by atoms with Gasteiger partial charge in [-0.15, -0.1) is 0 Å². The van der Waals surface area contributed by atoms with Crippen molar-refractivity contribution in [3.05, 3.63) is 94.8 Å². The van der Waals surface area contributed by atoms with Gasteiger partial charge < -0.3 is 21.1 Å². The molecule has 1 heterocycles. The molecule has 4 rings (SSSR count). The number of rotatable bonds is 8. The van der Waals surface area contributed by atoms with Crippen molar-refractivity contribution < 1.29 is 14.3 Å². The van der Waals surface area contributed by atoms with Gasteiger partial charge >= 0.3 is 5.97 Å². The molecule has 1 aliphatic rings. The summed E-state index contributed by atoms with van der Waals surface area (Å²) >= 11 is 0. The summed E-state index contributed by atoms with van der Waals surface area (Å²) in [7, 11) is 0. The zero-order valence-corrected chi connectivity index (χ0v) is 18.9. The van der Waals surface area contributed by atoms with Crippen LogP contribution < -0.4 is 16.0 Å². The standard InChI is InChI=1S/C27H27FN4O2/c1-17(21-12-18(13-25(33)34)10-11-22(21)28)15-31-26(19-6-3-2-4-7-19)24-16-30-23-9-5-8-20(14-29)27(23)32-24/h2-12,17,24,26,30-32H,13,15-16H2,1H3,(H,33,34)/t17-,24+,26+/m0/s1. The summed E-state index contributed by atoms with van der Waals surface area (Å²) in [6.07, 6.45) is -0.141. The summed E-state index contributed by atoms with van der Waals surface area (Å²) < 4.78 is 14.6. The second-order valence-electron chi connectivity index (χ2n) is 8.60. The van der Waals surface area contributed by atoms with Crippen molar-refractivity contribution in [3.63, 3.8) is 0 Å². The zero-order valence-electron chi connectivity index (χ0n) is 18.9. The molecule has 0 aromatic heterocycles. The van der Waals surface area contributed by atoms with Crippen molar-refractivity contribution >= 4 is 17.3 Å². The summed E-state index contributed by atoms with van der Waals surface area (Å²) in [6.45, 7) is 3.05. The van der Waals surface area contributed by atoms with E-state index in [1.54, 1.807) is 12.1 Å². The number of para-hydroxylation sites is 1. The Hall–Kier alpha value is -3.89. The highest BCUT2D eigenvalue weighted by Gasteiger charge is 2.28. The summed E-state index contributed by atoms with van der Waals surface area (Å²) in [5.74, 6) is -1.47. The Morgan fingerprint density at radius 1 is 1.21 bits per heavy atom. The lowest BCUT2D eigenvalue weighted by molar-refractivity contribution is -0.136. The average Bonchev–Trinajstić information content (AvgIpc) is 2.85. The van der Waals surface area contributed by atoms with Crippen LogP contribution in [0, 0.1) is 17.1 Å². The molecule has 0 amide bonds. The molecule has 6 nitrogen and oxygen atoms in total. The molecule has 7 heteroatoms. The first kappa shape index (κ1) is 23.3. The number of aliphatic carboxylic acids is 1. The van der Waals surface area contributed by atoms with Gasteiger partial charge in [-0.1, -0.05) is 55.5 Å². The van der Waals surface area contributed by atoms with Gasteiger partial charge in [0.2, 0.25) is 0 Å². The third-order valence-corrected chi connectivity index (χ3v) is 6.18. The minimum atomic E-state index is -0.944. The molecule has 4 N–H and O–H groups in total. The van der Waals surface area contributed by atoms with Crippen LogP contribution in [-0.2, 0) is 11.2 Å². The number of nitrogens with one attached hydrogen (secondary N) is 3. The fraction of sp³-hybridized carbons (Fsp3) is 0.259. The molecule has 174 valence electrons. The van der Waals surface area contributed by atoms with E-state index >= 15 is 0 Å². The molecule has 0 unspecified atom stereocenters. The van der Waals surface area contributed by atoms with E-state index in [1.807, 2.05) is 49.4 Å². The highest BCUT2D eigenvalue weighted by molar-refractivity contribution is 5.77. The van der Waals surface area contributed by atoms with Crippen molar-refractivity contribution in [1.82, 2.24) is 5.32 Å². The van der Waals surface area contributed by atoms with E-state index in [1.165, 1.54) is 12.1 Å². The number of nitrogens with zero attached hydrogens (tertiary/aromatic N) is 1. The smallest absolute Gasteiger partial charge is 0.307 e. The van der Waals surface area contributed by atoms with Gasteiger partial charge in [-0.05, 0) is 40.8 Å². The number of carboxylic acids is 1. The minimum Gasteiger partial charge on any atom is -0.481 e. The second-order valence-corrected chi connectivity index (χ2v) is 8.60. The summed E-state index contributed by atoms with van der Waals surface area (Å²) in [5.41, 5.74) is 4.40. The van der Waals surface area contributed by atoms with Crippen LogP contribution in [0.1, 0.15) is 41.1 Å². The molecule has 0 saturated heterocycles. The molecule has 3 aromatic carbocycles. The minimum absolute atomic E-state index is 0.0557. The maximum Gasteiger partial charge on any atom is 0.307 e. The van der Waals surface area contributed by atoms with Crippen LogP contribution in [0.3, 0.4) is 0 Å². The maximum atomic E-state index is 14.6. The lowest BCUT2D eigenvalue weighted by Crippen LogP contribution is -2.45. The average molecular weight is 459 g/mol. The van der Waals surface area contributed by atoms with Gasteiger partial charge in [-0.2, -0.15) is 5.26 Å². The van der Waals surface area contributed by atoms with Crippen LogP contribution in [0.25, 0.3) is 0 Å². The molecule has 0 fully saturated rings. The van der Waals surface area contributed by atoms with Crippen LogP contribution in [0.2, 0.25) is 0 Å².